The van der Waals surface area contributed by atoms with Gasteiger partial charge in [0.25, 0.3) is 6.43 Å². The molecule has 1 rings (SSSR count). The fourth-order valence-corrected chi connectivity index (χ4v) is 1.78. The minimum absolute atomic E-state index is 0.212. The number of nitro groups is 1. The summed E-state index contributed by atoms with van der Waals surface area (Å²) in [4.78, 5) is 24.4. The normalized spacial score (nSPS) is 10.4. The number of ether oxygens (including phenoxy) is 1. The molecule has 0 fully saturated rings. The average Bonchev–Trinajstić information content (AvgIpc) is 2.26. The van der Waals surface area contributed by atoms with Gasteiger partial charge in [-0.1, -0.05) is 0 Å². The van der Waals surface area contributed by atoms with Crippen molar-refractivity contribution in [1.82, 2.24) is 4.98 Å². The van der Waals surface area contributed by atoms with Crippen molar-refractivity contribution in [3.63, 3.8) is 0 Å². The van der Waals surface area contributed by atoms with Gasteiger partial charge in [-0.15, -0.1) is 0 Å². The zero-order valence-electron chi connectivity index (χ0n) is 8.32. The summed E-state index contributed by atoms with van der Waals surface area (Å²) in [6.45, 7) is 0. The monoisotopic (exact) mass is 358 g/mol. The molecule has 0 aromatic carbocycles. The van der Waals surface area contributed by atoms with E-state index in [0.29, 0.717) is 0 Å². The average molecular weight is 358 g/mol. The second-order valence-electron chi connectivity index (χ2n) is 2.77. The van der Waals surface area contributed by atoms with Gasteiger partial charge in [0.1, 0.15) is 5.56 Å². The number of nitrogens with zero attached hydrogens (tertiary/aromatic N) is 2. The molecular formula is C8H5F2IN2O4. The number of hydrogen-bond donors (Lipinski definition) is 0. The molecule has 0 bridgehead atoms. The highest BCUT2D eigenvalue weighted by molar-refractivity contribution is 14.1. The van der Waals surface area contributed by atoms with Gasteiger partial charge in [-0.05, 0) is 22.6 Å². The molecule has 0 saturated carbocycles. The van der Waals surface area contributed by atoms with Gasteiger partial charge in [0.2, 0.25) is 0 Å². The van der Waals surface area contributed by atoms with Gasteiger partial charge in [-0.3, -0.25) is 10.1 Å². The fraction of sp³-hybridized carbons (Fsp3) is 0.250. The third-order valence-electron chi connectivity index (χ3n) is 1.85. The van der Waals surface area contributed by atoms with E-state index in [1.165, 1.54) is 22.6 Å². The zero-order valence-corrected chi connectivity index (χ0v) is 10.5. The number of rotatable bonds is 3. The Balaban J connectivity index is 3.59. The van der Waals surface area contributed by atoms with Crippen LogP contribution >= 0.6 is 22.6 Å². The van der Waals surface area contributed by atoms with Crippen LogP contribution in [0.25, 0.3) is 0 Å². The van der Waals surface area contributed by atoms with Crippen molar-refractivity contribution in [3.05, 3.63) is 31.1 Å². The van der Waals surface area contributed by atoms with Gasteiger partial charge in [-0.25, -0.2) is 18.6 Å². The number of pyridine rings is 1. The molecule has 0 aliphatic heterocycles. The van der Waals surface area contributed by atoms with E-state index in [2.05, 4.69) is 9.72 Å². The number of carbonyl (C=O) groups is 1. The summed E-state index contributed by atoms with van der Waals surface area (Å²) in [5.41, 5.74) is -2.45. The lowest BCUT2D eigenvalue weighted by molar-refractivity contribution is -0.387. The highest BCUT2D eigenvalue weighted by atomic mass is 127. The number of methoxy groups -OCH3 is 1. The number of aromatic nitrogens is 1. The van der Waals surface area contributed by atoms with Gasteiger partial charge >= 0.3 is 11.7 Å². The van der Waals surface area contributed by atoms with Crippen molar-refractivity contribution < 1.29 is 23.2 Å². The molecule has 17 heavy (non-hydrogen) atoms. The van der Waals surface area contributed by atoms with Crippen molar-refractivity contribution in [2.45, 2.75) is 6.43 Å². The first-order valence-corrected chi connectivity index (χ1v) is 5.17. The number of hydrogen-bond acceptors (Lipinski definition) is 5. The van der Waals surface area contributed by atoms with Gasteiger partial charge in [-0.2, -0.15) is 0 Å². The summed E-state index contributed by atoms with van der Waals surface area (Å²) in [7, 11) is 0.987. The second-order valence-corrected chi connectivity index (χ2v) is 3.80. The Labute approximate surface area is 107 Å². The van der Waals surface area contributed by atoms with E-state index < -0.39 is 34.1 Å². The Morgan fingerprint density at radius 1 is 1.65 bits per heavy atom. The molecule has 0 spiro atoms. The van der Waals surface area contributed by atoms with E-state index >= 15 is 0 Å². The van der Waals surface area contributed by atoms with E-state index in [1.807, 2.05) is 0 Å². The lowest BCUT2D eigenvalue weighted by Crippen LogP contribution is -2.11. The van der Waals surface area contributed by atoms with Crippen LogP contribution in [0.2, 0.25) is 0 Å². The third kappa shape index (κ3) is 2.65. The summed E-state index contributed by atoms with van der Waals surface area (Å²) in [6, 6.07) is 0. The summed E-state index contributed by atoms with van der Waals surface area (Å²) in [5.74, 6) is -1.09. The molecule has 0 saturated heterocycles. The Morgan fingerprint density at radius 3 is 2.65 bits per heavy atom. The summed E-state index contributed by atoms with van der Waals surface area (Å²) in [6.07, 6.45) is -2.33. The van der Waals surface area contributed by atoms with Crippen molar-refractivity contribution in [1.29, 1.82) is 0 Å². The Kier molecular flexibility index (Phi) is 4.26. The Bertz CT molecular complexity index is 481. The van der Waals surface area contributed by atoms with Crippen LogP contribution in [-0.4, -0.2) is 23.0 Å². The van der Waals surface area contributed by atoms with Gasteiger partial charge < -0.3 is 4.74 Å². The van der Waals surface area contributed by atoms with Crippen LogP contribution in [-0.2, 0) is 4.74 Å². The highest BCUT2D eigenvalue weighted by Crippen LogP contribution is 2.34. The van der Waals surface area contributed by atoms with E-state index in [1.54, 1.807) is 0 Å². The predicted molar refractivity (Wildman–Crippen MR) is 59.9 cm³/mol. The smallest absolute Gasteiger partial charge is 0.340 e. The molecule has 0 N–H and O–H groups in total. The first kappa shape index (κ1) is 13.7. The minimum atomic E-state index is -3.17. The van der Waals surface area contributed by atoms with Crippen LogP contribution in [0, 0.1) is 13.8 Å². The molecule has 0 unspecified atom stereocenters. The molecule has 6 nitrogen and oxygen atoms in total. The minimum Gasteiger partial charge on any atom is -0.465 e. The molecular weight excluding hydrogens is 353 g/mol. The molecule has 0 amide bonds. The van der Waals surface area contributed by atoms with Gasteiger partial charge in [0.05, 0.1) is 17.6 Å². The largest absolute Gasteiger partial charge is 0.465 e. The molecule has 1 aromatic rings. The molecule has 92 valence electrons. The van der Waals surface area contributed by atoms with Crippen LogP contribution in [0.5, 0.6) is 0 Å². The van der Waals surface area contributed by atoms with Crippen LogP contribution in [0.15, 0.2) is 6.20 Å². The van der Waals surface area contributed by atoms with E-state index in [0.717, 1.165) is 13.3 Å². The number of halogens is 3. The molecule has 1 heterocycles. The van der Waals surface area contributed by atoms with Crippen molar-refractivity contribution >= 4 is 34.2 Å². The third-order valence-corrected chi connectivity index (χ3v) is 2.64. The highest BCUT2D eigenvalue weighted by Gasteiger charge is 2.32. The zero-order chi connectivity index (χ0) is 13.2. The molecule has 0 atom stereocenters. The van der Waals surface area contributed by atoms with E-state index in [9.17, 15) is 23.7 Å². The van der Waals surface area contributed by atoms with Crippen LogP contribution < -0.4 is 0 Å². The second kappa shape index (κ2) is 5.29. The van der Waals surface area contributed by atoms with Gasteiger partial charge in [0, 0.05) is 6.20 Å². The molecule has 9 heteroatoms. The maximum absolute atomic E-state index is 12.8. The molecule has 0 aliphatic carbocycles. The molecule has 1 aromatic heterocycles. The topological polar surface area (TPSA) is 82.3 Å². The first-order valence-electron chi connectivity index (χ1n) is 4.09. The maximum atomic E-state index is 12.8. The predicted octanol–water partition coefficient (Wildman–Crippen LogP) is 2.32. The summed E-state index contributed by atoms with van der Waals surface area (Å²) < 4.78 is 29.6. The summed E-state index contributed by atoms with van der Waals surface area (Å²) >= 11 is 1.45. The molecule has 0 radical (unpaired) electrons. The van der Waals surface area contributed by atoms with Crippen molar-refractivity contribution in [2.24, 2.45) is 0 Å². The maximum Gasteiger partial charge on any atom is 0.340 e. The lowest BCUT2D eigenvalue weighted by atomic mass is 10.1. The standard InChI is InChI=1S/C8H5F2IN2O4/c1-17-8(14)3-2-12-7(11)5(13(15)16)4(3)6(9)10/h2,6H,1H3. The number of alkyl halides is 2. The van der Waals surface area contributed by atoms with Gasteiger partial charge in [0.15, 0.2) is 3.70 Å². The molecule has 0 aliphatic rings. The Morgan fingerprint density at radius 2 is 2.24 bits per heavy atom. The first-order chi connectivity index (χ1) is 7.90. The SMILES string of the molecule is COC(=O)c1cnc(I)c([N+](=O)[O-])c1C(F)F. The van der Waals surface area contributed by atoms with E-state index in [-0.39, 0.29) is 3.70 Å². The van der Waals surface area contributed by atoms with Crippen molar-refractivity contribution in [3.8, 4) is 0 Å². The van der Waals surface area contributed by atoms with Crippen LogP contribution in [0.3, 0.4) is 0 Å². The fourth-order valence-electron chi connectivity index (χ4n) is 1.16. The van der Waals surface area contributed by atoms with Crippen LogP contribution in [0.1, 0.15) is 22.3 Å². The Hall–Kier alpha value is -1.39. The summed E-state index contributed by atoms with van der Waals surface area (Å²) in [5, 5.41) is 10.7. The van der Waals surface area contributed by atoms with Crippen LogP contribution in [0.4, 0.5) is 14.5 Å². The lowest BCUT2D eigenvalue weighted by Gasteiger charge is -2.07. The van der Waals surface area contributed by atoms with Crippen molar-refractivity contribution in [2.75, 3.05) is 7.11 Å². The van der Waals surface area contributed by atoms with E-state index in [4.69, 9.17) is 0 Å². The quantitative estimate of drug-likeness (QED) is 0.272. The number of esters is 1. The number of carbonyl (C=O) groups excluding carboxylic acids is 1.